The molecule has 4 nitrogen and oxygen atoms in total. The van der Waals surface area contributed by atoms with Gasteiger partial charge in [-0.25, -0.2) is 0 Å². The molecule has 0 saturated carbocycles. The molecule has 1 heterocycles. The molecule has 41 heavy (non-hydrogen) atoms. The molecule has 0 aliphatic heterocycles. The topological polar surface area (TPSA) is 79.8 Å². The molecule has 4 rings (SSSR count). The first-order valence-electron chi connectivity index (χ1n) is 15.0. The van der Waals surface area contributed by atoms with Crippen molar-refractivity contribution in [2.24, 2.45) is 5.73 Å². The van der Waals surface area contributed by atoms with Crippen LogP contribution in [0.1, 0.15) is 103 Å². The molecule has 209 valence electrons. The second-order valence-corrected chi connectivity index (χ2v) is 12.4. The van der Waals surface area contributed by atoms with Crippen LogP contribution in [-0.2, 0) is 25.7 Å². The molecule has 0 unspecified atom stereocenters. The van der Waals surface area contributed by atoms with Crippen molar-refractivity contribution >= 4 is 42.9 Å². The number of hydrogen-bond acceptors (Lipinski definition) is 3. The molecule has 1 amide bonds. The normalized spacial score (nSPS) is 11.1. The number of carbonyl (C=O) groups is 1. The van der Waals surface area contributed by atoms with Crippen LogP contribution in [-0.4, -0.2) is 33.4 Å². The van der Waals surface area contributed by atoms with E-state index in [1.54, 1.807) is 12.1 Å². The van der Waals surface area contributed by atoms with Gasteiger partial charge in [0.2, 0.25) is 0 Å². The third-order valence-electron chi connectivity index (χ3n) is 8.00. The van der Waals surface area contributed by atoms with Gasteiger partial charge in [0.05, 0.1) is 0 Å². The van der Waals surface area contributed by atoms with Gasteiger partial charge in [-0.05, 0) is 0 Å². The molecule has 0 aliphatic carbocycles. The molecular formula is C36H40N3OSn. The first-order valence-corrected chi connectivity index (χ1v) is 16.5. The molecule has 4 aromatic rings. The molecule has 0 spiro atoms. The van der Waals surface area contributed by atoms with E-state index in [0.29, 0.717) is 28.8 Å². The van der Waals surface area contributed by atoms with Crippen LogP contribution in [0.2, 0.25) is 0 Å². The Kier molecular flexibility index (Phi) is 11.0. The fourth-order valence-electron chi connectivity index (χ4n) is 5.84. The van der Waals surface area contributed by atoms with E-state index in [-0.39, 0.29) is 0 Å². The van der Waals surface area contributed by atoms with Crippen molar-refractivity contribution in [3.05, 3.63) is 93.5 Å². The Morgan fingerprint density at radius 1 is 0.854 bits per heavy atom. The van der Waals surface area contributed by atoms with Crippen LogP contribution in [0.4, 0.5) is 0 Å². The molecule has 0 aliphatic rings. The van der Waals surface area contributed by atoms with Gasteiger partial charge in [-0.3, -0.25) is 0 Å². The van der Waals surface area contributed by atoms with E-state index in [1.165, 1.54) is 48.4 Å². The zero-order valence-corrected chi connectivity index (χ0v) is 27.5. The second-order valence-electron chi connectivity index (χ2n) is 10.9. The summed E-state index contributed by atoms with van der Waals surface area (Å²) >= 11 is 1.35. The maximum atomic E-state index is 12.5. The predicted molar refractivity (Wildman–Crippen MR) is 171 cm³/mol. The number of carbonyl (C=O) groups excluding carboxylic acids is 1. The Hall–Kier alpha value is -3.17. The molecule has 0 atom stereocenters. The van der Waals surface area contributed by atoms with Crippen molar-refractivity contribution in [1.29, 1.82) is 5.26 Å². The molecule has 1 aromatic heterocycles. The van der Waals surface area contributed by atoms with Crippen molar-refractivity contribution in [3.63, 3.8) is 0 Å². The first-order chi connectivity index (χ1) is 19.9. The van der Waals surface area contributed by atoms with E-state index in [9.17, 15) is 10.1 Å². The summed E-state index contributed by atoms with van der Waals surface area (Å²) in [5.74, 6) is -0.516. The molecular weight excluding hydrogens is 609 g/mol. The van der Waals surface area contributed by atoms with Gasteiger partial charge < -0.3 is 0 Å². The van der Waals surface area contributed by atoms with Crippen LogP contribution in [0.25, 0.3) is 22.2 Å². The summed E-state index contributed by atoms with van der Waals surface area (Å²) in [6, 6.07) is 20.6. The standard InChI is InChI=1S/C36H40N3O.Sn/c1-4-7-17-26-23-33-34(28(19-9-6-3)27(26)18-8-5-2)31(22-25-15-11-10-12-16-25)32(24-37)35(39-33)29-20-13-14-21-30(29)36(38)40;/h10-15,20-21,23H,4-9,17-19,22H2,1-3H3,(H2,38,40);. The van der Waals surface area contributed by atoms with Gasteiger partial charge in [-0.2, -0.15) is 0 Å². The average Bonchev–Trinajstić information content (AvgIpc) is 2.98. The Morgan fingerprint density at radius 3 is 2.15 bits per heavy atom. The molecule has 0 saturated heterocycles. The van der Waals surface area contributed by atoms with Gasteiger partial charge in [0.25, 0.3) is 0 Å². The van der Waals surface area contributed by atoms with E-state index in [4.69, 9.17) is 10.7 Å². The van der Waals surface area contributed by atoms with Crippen LogP contribution < -0.4 is 9.31 Å². The number of primary amides is 1. The Morgan fingerprint density at radius 2 is 1.49 bits per heavy atom. The van der Waals surface area contributed by atoms with Crippen LogP contribution in [0, 0.1) is 11.3 Å². The number of aromatic nitrogens is 1. The quantitative estimate of drug-likeness (QED) is 0.155. The number of rotatable bonds is 13. The van der Waals surface area contributed by atoms with Gasteiger partial charge in [-0.15, -0.1) is 0 Å². The van der Waals surface area contributed by atoms with Crippen molar-refractivity contribution in [2.45, 2.75) is 85.0 Å². The summed E-state index contributed by atoms with van der Waals surface area (Å²) in [6.45, 7) is 6.73. The second kappa shape index (κ2) is 14.6. The number of hydrogen-bond donors (Lipinski definition) is 1. The van der Waals surface area contributed by atoms with E-state index in [2.05, 4.69) is 57.2 Å². The number of aryl methyl sites for hydroxylation is 2. The van der Waals surface area contributed by atoms with Gasteiger partial charge in [0.1, 0.15) is 0 Å². The van der Waals surface area contributed by atoms with Crippen molar-refractivity contribution in [1.82, 2.24) is 4.98 Å². The average molecular weight is 649 g/mol. The first kappa shape index (κ1) is 30.8. The van der Waals surface area contributed by atoms with Crippen molar-refractivity contribution < 1.29 is 4.79 Å². The molecule has 3 radical (unpaired) electrons. The van der Waals surface area contributed by atoms with E-state index in [1.807, 2.05) is 12.1 Å². The van der Waals surface area contributed by atoms with E-state index in [0.717, 1.165) is 74.3 Å². The Balaban J connectivity index is 2.17. The van der Waals surface area contributed by atoms with E-state index >= 15 is 0 Å². The number of nitriles is 1. The number of amides is 1. The maximum absolute atomic E-state index is 12.5. The van der Waals surface area contributed by atoms with Crippen molar-refractivity contribution in [2.75, 3.05) is 0 Å². The third kappa shape index (κ3) is 6.84. The fraction of sp³-hybridized carbons (Fsp3) is 0.361. The number of unbranched alkanes of at least 4 members (excludes halogenated alkanes) is 3. The molecule has 0 bridgehead atoms. The Labute approximate surface area is 258 Å². The van der Waals surface area contributed by atoms with Crippen molar-refractivity contribution in [3.8, 4) is 17.3 Å². The predicted octanol–water partition coefficient (Wildman–Crippen LogP) is 7.28. The SMILES string of the molecule is CCCCc1cc2nc(-c3ccccc3C(N)=O)c(C#N)c(Cc3cccc[c]3[Sn])c2c(CCCC)c1CCCC. The monoisotopic (exact) mass is 650 g/mol. The summed E-state index contributed by atoms with van der Waals surface area (Å²) in [5, 5.41) is 11.9. The zero-order valence-electron chi connectivity index (χ0n) is 24.6. The summed E-state index contributed by atoms with van der Waals surface area (Å²) < 4.78 is 1.29. The number of nitrogens with two attached hydrogens (primary N) is 1. The summed E-state index contributed by atoms with van der Waals surface area (Å²) in [7, 11) is 0. The Bertz CT molecular complexity index is 1580. The zero-order chi connectivity index (χ0) is 29.4. The summed E-state index contributed by atoms with van der Waals surface area (Å²) in [5.41, 5.74) is 15.3. The number of nitrogens with zero attached hydrogens (tertiary/aromatic N) is 2. The van der Waals surface area contributed by atoms with E-state index < -0.39 is 5.91 Å². The molecule has 0 fully saturated rings. The van der Waals surface area contributed by atoms with Crippen LogP contribution in [0.5, 0.6) is 0 Å². The van der Waals surface area contributed by atoms with Crippen LogP contribution in [0.3, 0.4) is 0 Å². The third-order valence-corrected chi connectivity index (χ3v) is 9.39. The van der Waals surface area contributed by atoms with Crippen LogP contribution in [0.15, 0.2) is 54.6 Å². The minimum atomic E-state index is -0.516. The van der Waals surface area contributed by atoms with Gasteiger partial charge in [0, 0.05) is 0 Å². The van der Waals surface area contributed by atoms with Gasteiger partial charge in [0.15, 0.2) is 0 Å². The minimum absolute atomic E-state index is 0.388. The molecule has 2 N–H and O–H groups in total. The van der Waals surface area contributed by atoms with Gasteiger partial charge >= 0.3 is 260 Å². The summed E-state index contributed by atoms with van der Waals surface area (Å²) in [6.07, 6.45) is 10.4. The number of fused-ring (bicyclic) bond motifs is 1. The van der Waals surface area contributed by atoms with Crippen LogP contribution >= 0.6 is 0 Å². The summed E-state index contributed by atoms with van der Waals surface area (Å²) in [4.78, 5) is 17.7. The number of benzene rings is 3. The number of pyridine rings is 1. The molecule has 3 aromatic carbocycles. The fourth-order valence-corrected chi connectivity index (χ4v) is 6.60. The molecule has 5 heteroatoms. The van der Waals surface area contributed by atoms with Gasteiger partial charge in [-0.1, -0.05) is 0 Å².